The van der Waals surface area contributed by atoms with Crippen LogP contribution in [0.1, 0.15) is 24.2 Å². The van der Waals surface area contributed by atoms with E-state index in [1.807, 2.05) is 12.1 Å². The molecule has 0 bridgehead atoms. The minimum atomic E-state index is -0.504. The number of amides is 1. The van der Waals surface area contributed by atoms with Gasteiger partial charge in [-0.1, -0.05) is 23.7 Å². The Morgan fingerprint density at radius 1 is 1.12 bits per heavy atom. The number of halogens is 1. The quantitative estimate of drug-likeness (QED) is 0.435. The van der Waals surface area contributed by atoms with Crippen LogP contribution in [0.2, 0.25) is 5.02 Å². The smallest absolute Gasteiger partial charge is 0.319 e. The van der Waals surface area contributed by atoms with E-state index in [2.05, 4.69) is 5.32 Å². The minimum absolute atomic E-state index is 0.161. The molecule has 1 amide bonds. The molecule has 0 aromatic heterocycles. The topological polar surface area (TPSA) is 72.5 Å². The number of carbonyl (C=O) groups is 3. The average molecular weight is 392 g/mol. The molecular weight excluding hydrogens is 374 g/mol. The predicted molar refractivity (Wildman–Crippen MR) is 103 cm³/mol. The second-order valence-corrected chi connectivity index (χ2v) is 7.32. The van der Waals surface area contributed by atoms with Crippen molar-refractivity contribution >= 4 is 46.7 Å². The molecule has 0 aliphatic rings. The van der Waals surface area contributed by atoms with Gasteiger partial charge in [-0.25, -0.2) is 0 Å². The van der Waals surface area contributed by atoms with Crippen molar-refractivity contribution in [1.29, 1.82) is 0 Å². The highest BCUT2D eigenvalue weighted by Gasteiger charge is 2.18. The minimum Gasteiger partial charge on any atom is -0.455 e. The molecule has 0 spiro atoms. The van der Waals surface area contributed by atoms with Gasteiger partial charge in [0.25, 0.3) is 5.91 Å². The highest BCUT2D eigenvalue weighted by atomic mass is 35.5. The molecular formula is C19H18ClNO4S. The van der Waals surface area contributed by atoms with Crippen LogP contribution in [0.3, 0.4) is 0 Å². The van der Waals surface area contributed by atoms with E-state index in [1.165, 1.54) is 18.7 Å². The van der Waals surface area contributed by atoms with Gasteiger partial charge in [-0.15, -0.1) is 11.8 Å². The fraction of sp³-hybridized carbons (Fsp3) is 0.211. The number of benzene rings is 2. The lowest BCUT2D eigenvalue weighted by molar-refractivity contribution is -0.146. The van der Waals surface area contributed by atoms with Gasteiger partial charge in [0.15, 0.2) is 12.4 Å². The van der Waals surface area contributed by atoms with Crippen molar-refractivity contribution < 1.29 is 19.1 Å². The van der Waals surface area contributed by atoms with E-state index in [4.69, 9.17) is 16.3 Å². The first-order valence-corrected chi connectivity index (χ1v) is 9.11. The Balaban J connectivity index is 1.85. The van der Waals surface area contributed by atoms with Gasteiger partial charge in [0, 0.05) is 15.5 Å². The molecule has 0 unspecified atom stereocenters. The maximum atomic E-state index is 12.0. The Hall–Kier alpha value is -2.31. The molecule has 0 saturated heterocycles. The van der Waals surface area contributed by atoms with Crippen molar-refractivity contribution in [1.82, 2.24) is 0 Å². The Labute approximate surface area is 161 Å². The third kappa shape index (κ3) is 5.89. The van der Waals surface area contributed by atoms with Gasteiger partial charge in [-0.3, -0.25) is 14.4 Å². The molecule has 0 radical (unpaired) electrons. The molecule has 0 saturated carbocycles. The molecule has 136 valence electrons. The zero-order valence-corrected chi connectivity index (χ0v) is 15.9. The van der Waals surface area contributed by atoms with Crippen LogP contribution in [-0.4, -0.2) is 29.5 Å². The molecule has 2 aromatic rings. The summed E-state index contributed by atoms with van der Waals surface area (Å²) in [5.74, 6) is -1.17. The number of nitrogens with one attached hydrogen (secondary N) is 1. The maximum absolute atomic E-state index is 12.0. The molecule has 0 fully saturated rings. The molecule has 2 aromatic carbocycles. The molecule has 1 N–H and O–H groups in total. The molecule has 0 heterocycles. The van der Waals surface area contributed by atoms with Crippen molar-refractivity contribution in [3.05, 3.63) is 59.1 Å². The lowest BCUT2D eigenvalue weighted by Gasteiger charge is -2.12. The SMILES string of the molecule is CC(=O)c1ccccc1NC(=O)COC(=O)[C@@H](C)Sc1ccc(Cl)cc1. The van der Waals surface area contributed by atoms with E-state index >= 15 is 0 Å². The first kappa shape index (κ1) is 20.0. The van der Waals surface area contributed by atoms with Gasteiger partial charge >= 0.3 is 5.97 Å². The third-order valence-corrected chi connectivity index (χ3v) is 4.73. The molecule has 0 aliphatic heterocycles. The lowest BCUT2D eigenvalue weighted by atomic mass is 10.1. The summed E-state index contributed by atoms with van der Waals surface area (Å²) in [5, 5.41) is 2.72. The normalized spacial score (nSPS) is 11.5. The van der Waals surface area contributed by atoms with Gasteiger partial charge in [0.05, 0.1) is 5.69 Å². The van der Waals surface area contributed by atoms with Gasteiger partial charge < -0.3 is 10.1 Å². The largest absolute Gasteiger partial charge is 0.455 e. The number of ketones is 1. The second kappa shape index (κ2) is 9.40. The second-order valence-electron chi connectivity index (χ2n) is 5.47. The van der Waals surface area contributed by atoms with Crippen LogP contribution < -0.4 is 5.32 Å². The lowest BCUT2D eigenvalue weighted by Crippen LogP contribution is -2.25. The fourth-order valence-electron chi connectivity index (χ4n) is 2.10. The zero-order chi connectivity index (χ0) is 19.1. The van der Waals surface area contributed by atoms with Gasteiger partial charge in [0.1, 0.15) is 5.25 Å². The van der Waals surface area contributed by atoms with Crippen molar-refractivity contribution in [2.45, 2.75) is 24.0 Å². The van der Waals surface area contributed by atoms with Crippen LogP contribution in [0.15, 0.2) is 53.4 Å². The fourth-order valence-corrected chi connectivity index (χ4v) is 3.10. The van der Waals surface area contributed by atoms with Crippen LogP contribution >= 0.6 is 23.4 Å². The number of rotatable bonds is 7. The number of carbonyl (C=O) groups excluding carboxylic acids is 3. The van der Waals surface area contributed by atoms with Crippen LogP contribution in [0, 0.1) is 0 Å². The average Bonchev–Trinajstić information content (AvgIpc) is 2.61. The maximum Gasteiger partial charge on any atom is 0.319 e. The highest BCUT2D eigenvalue weighted by Crippen LogP contribution is 2.25. The summed E-state index contributed by atoms with van der Waals surface area (Å²) in [6.45, 7) is 2.70. The summed E-state index contributed by atoms with van der Waals surface area (Å²) in [4.78, 5) is 36.5. The number of anilines is 1. The Morgan fingerprint density at radius 2 is 1.77 bits per heavy atom. The zero-order valence-electron chi connectivity index (χ0n) is 14.3. The molecule has 2 rings (SSSR count). The molecule has 5 nitrogen and oxygen atoms in total. The van der Waals surface area contributed by atoms with E-state index in [0.29, 0.717) is 16.3 Å². The van der Waals surface area contributed by atoms with Gasteiger partial charge in [-0.2, -0.15) is 0 Å². The number of hydrogen-bond acceptors (Lipinski definition) is 5. The third-order valence-electron chi connectivity index (χ3n) is 3.38. The number of thioether (sulfide) groups is 1. The molecule has 26 heavy (non-hydrogen) atoms. The van der Waals surface area contributed by atoms with E-state index in [-0.39, 0.29) is 5.78 Å². The van der Waals surface area contributed by atoms with E-state index < -0.39 is 23.7 Å². The van der Waals surface area contributed by atoms with Crippen LogP contribution in [0.5, 0.6) is 0 Å². The van der Waals surface area contributed by atoms with Crippen LogP contribution in [0.4, 0.5) is 5.69 Å². The van der Waals surface area contributed by atoms with E-state index in [0.717, 1.165) is 4.90 Å². The highest BCUT2D eigenvalue weighted by molar-refractivity contribution is 8.00. The number of hydrogen-bond donors (Lipinski definition) is 1. The molecule has 7 heteroatoms. The Kier molecular flexibility index (Phi) is 7.24. The standard InChI is InChI=1S/C19H18ClNO4S/c1-12(22)16-5-3-4-6-17(16)21-18(23)11-25-19(24)13(2)26-15-9-7-14(20)8-10-15/h3-10,13H,11H2,1-2H3,(H,21,23)/t13-/m1/s1. The first-order valence-electron chi connectivity index (χ1n) is 7.85. The molecule has 0 aliphatic carbocycles. The van der Waals surface area contributed by atoms with Crippen molar-refractivity contribution in [3.8, 4) is 0 Å². The molecule has 1 atom stereocenters. The Morgan fingerprint density at radius 3 is 2.42 bits per heavy atom. The predicted octanol–water partition coefficient (Wildman–Crippen LogP) is 4.21. The van der Waals surface area contributed by atoms with E-state index in [1.54, 1.807) is 43.3 Å². The summed E-state index contributed by atoms with van der Waals surface area (Å²) in [6, 6.07) is 13.7. The summed E-state index contributed by atoms with van der Waals surface area (Å²) in [5.41, 5.74) is 0.795. The van der Waals surface area contributed by atoms with Gasteiger partial charge in [0.2, 0.25) is 0 Å². The van der Waals surface area contributed by atoms with Crippen molar-refractivity contribution in [2.75, 3.05) is 11.9 Å². The summed E-state index contributed by atoms with van der Waals surface area (Å²) in [6.07, 6.45) is 0. The monoisotopic (exact) mass is 391 g/mol. The first-order chi connectivity index (χ1) is 12.4. The summed E-state index contributed by atoms with van der Waals surface area (Å²) >= 11 is 7.14. The van der Waals surface area contributed by atoms with Gasteiger partial charge in [-0.05, 0) is 50.2 Å². The van der Waals surface area contributed by atoms with Crippen molar-refractivity contribution in [3.63, 3.8) is 0 Å². The number of esters is 1. The van der Waals surface area contributed by atoms with Crippen LogP contribution in [0.25, 0.3) is 0 Å². The number of ether oxygens (including phenoxy) is 1. The number of para-hydroxylation sites is 1. The van der Waals surface area contributed by atoms with Crippen LogP contribution in [-0.2, 0) is 14.3 Å². The van der Waals surface area contributed by atoms with E-state index in [9.17, 15) is 14.4 Å². The number of Topliss-reactive ketones (excluding diaryl/α,β-unsaturated/α-hetero) is 1. The van der Waals surface area contributed by atoms with Crippen molar-refractivity contribution in [2.24, 2.45) is 0 Å². The summed E-state index contributed by atoms with van der Waals surface area (Å²) in [7, 11) is 0. The Bertz CT molecular complexity index is 807. The summed E-state index contributed by atoms with van der Waals surface area (Å²) < 4.78 is 5.05.